The number of hydrogen-bond donors (Lipinski definition) is 1. The van der Waals surface area contributed by atoms with E-state index in [1.807, 2.05) is 18.2 Å². The molecule has 0 aliphatic heterocycles. The summed E-state index contributed by atoms with van der Waals surface area (Å²) in [5.74, 6) is -0.0498. The Labute approximate surface area is 187 Å². The van der Waals surface area contributed by atoms with Crippen LogP contribution in [0.15, 0.2) is 128 Å². The first kappa shape index (κ1) is 20.8. The van der Waals surface area contributed by atoms with Crippen LogP contribution in [0.25, 0.3) is 28.3 Å². The van der Waals surface area contributed by atoms with Gasteiger partial charge in [0.2, 0.25) is 0 Å². The molecule has 0 amide bonds. The Balaban J connectivity index is 0.000000230. The van der Waals surface area contributed by atoms with Crippen molar-refractivity contribution in [3.05, 3.63) is 133 Å². The molecule has 0 aliphatic rings. The number of aromatic nitrogens is 2. The quantitative estimate of drug-likeness (QED) is 0.431. The molecule has 0 unspecified atom stereocenters. The van der Waals surface area contributed by atoms with Gasteiger partial charge >= 0.3 is 0 Å². The molecule has 156 valence electrons. The van der Waals surface area contributed by atoms with E-state index >= 15 is 0 Å². The van der Waals surface area contributed by atoms with E-state index in [2.05, 4.69) is 88.5 Å². The number of carboxylic acids is 1. The molecule has 0 saturated heterocycles. The zero-order chi connectivity index (χ0) is 22.2. The molecule has 5 aromatic rings. The number of carbonyl (C=O) groups is 1. The predicted octanol–water partition coefficient (Wildman–Crippen LogP) is 4.68. The van der Waals surface area contributed by atoms with Crippen molar-refractivity contribution in [2.24, 2.45) is 0 Å². The van der Waals surface area contributed by atoms with E-state index in [4.69, 9.17) is 0 Å². The second kappa shape index (κ2) is 10.0. The molecule has 1 N–H and O–H groups in total. The number of H-pyrrole nitrogens is 1. The van der Waals surface area contributed by atoms with Gasteiger partial charge in [0.25, 0.3) is 5.82 Å². The van der Waals surface area contributed by atoms with Crippen LogP contribution in [0.5, 0.6) is 0 Å². The maximum Gasteiger partial charge on any atom is 0.292 e. The van der Waals surface area contributed by atoms with Gasteiger partial charge in [0.1, 0.15) is 11.9 Å². The lowest BCUT2D eigenvalue weighted by Crippen LogP contribution is -2.30. The molecule has 0 spiro atoms. The Morgan fingerprint density at radius 1 is 0.625 bits per heavy atom. The maximum atomic E-state index is 10.1. The zero-order valence-corrected chi connectivity index (χ0v) is 17.4. The molecule has 0 bridgehead atoms. The van der Waals surface area contributed by atoms with Crippen molar-refractivity contribution >= 4 is 5.97 Å². The second-order valence-corrected chi connectivity index (χ2v) is 7.11. The number of aromatic carboxylic acids is 1. The van der Waals surface area contributed by atoms with Gasteiger partial charge in [0.05, 0.1) is 11.5 Å². The number of imidazole rings is 1. The lowest BCUT2D eigenvalue weighted by molar-refractivity contribution is -0.581. The number of nitrogens with zero attached hydrogens (tertiary/aromatic N) is 1. The summed E-state index contributed by atoms with van der Waals surface area (Å²) in [6.45, 7) is 0. The molecule has 4 nitrogen and oxygen atoms in total. The van der Waals surface area contributed by atoms with Crippen LogP contribution in [0, 0.1) is 0 Å². The van der Waals surface area contributed by atoms with Crippen molar-refractivity contribution in [1.82, 2.24) is 4.98 Å². The van der Waals surface area contributed by atoms with Crippen LogP contribution >= 0.6 is 0 Å². The Hall–Kier alpha value is -4.44. The van der Waals surface area contributed by atoms with Crippen molar-refractivity contribution in [1.29, 1.82) is 0 Å². The van der Waals surface area contributed by atoms with Crippen LogP contribution in [0.2, 0.25) is 0 Å². The summed E-state index contributed by atoms with van der Waals surface area (Å²) in [4.78, 5) is 13.7. The van der Waals surface area contributed by atoms with Crippen molar-refractivity contribution < 1.29 is 14.5 Å². The van der Waals surface area contributed by atoms with Crippen molar-refractivity contribution in [2.75, 3.05) is 0 Å². The lowest BCUT2D eigenvalue weighted by atomic mass is 10.2. The first-order chi connectivity index (χ1) is 15.7. The molecule has 0 aliphatic carbocycles. The van der Waals surface area contributed by atoms with E-state index in [0.29, 0.717) is 0 Å². The summed E-state index contributed by atoms with van der Waals surface area (Å²) in [7, 11) is 0. The molecule has 1 aromatic heterocycles. The van der Waals surface area contributed by atoms with E-state index in [1.54, 1.807) is 18.2 Å². The first-order valence-electron chi connectivity index (χ1n) is 10.3. The number of benzene rings is 4. The summed E-state index contributed by atoms with van der Waals surface area (Å²) >= 11 is 0. The topological polar surface area (TPSA) is 59.8 Å². The number of rotatable bonds is 4. The van der Waals surface area contributed by atoms with Gasteiger partial charge in [-0.15, -0.1) is 0 Å². The third-order valence-electron chi connectivity index (χ3n) is 4.93. The Morgan fingerprint density at radius 3 is 1.59 bits per heavy atom. The average Bonchev–Trinajstić information content (AvgIpc) is 3.32. The first-order valence-corrected chi connectivity index (χ1v) is 10.3. The summed E-state index contributed by atoms with van der Waals surface area (Å²) in [6, 6.07) is 39.3. The van der Waals surface area contributed by atoms with Gasteiger partial charge in [-0.25, -0.2) is 4.98 Å². The Bertz CT molecular complexity index is 1210. The smallest absolute Gasteiger partial charge is 0.292 e. The van der Waals surface area contributed by atoms with Gasteiger partial charge in [-0.05, 0) is 29.8 Å². The van der Waals surface area contributed by atoms with Gasteiger partial charge < -0.3 is 9.90 Å². The predicted molar refractivity (Wildman–Crippen MR) is 124 cm³/mol. The van der Waals surface area contributed by atoms with Gasteiger partial charge in [-0.2, -0.15) is 4.57 Å². The molecule has 32 heavy (non-hydrogen) atoms. The molecule has 0 saturated carbocycles. The number of carbonyl (C=O) groups excluding carboxylic acids is 1. The molecular weight excluding hydrogens is 396 g/mol. The molecule has 1 heterocycles. The van der Waals surface area contributed by atoms with Crippen LogP contribution in [0.4, 0.5) is 0 Å². The minimum absolute atomic E-state index is 0.220. The fourth-order valence-electron chi connectivity index (χ4n) is 3.35. The van der Waals surface area contributed by atoms with Gasteiger partial charge in [0.15, 0.2) is 5.69 Å². The molecule has 5 rings (SSSR count). The number of nitrogens with one attached hydrogen (secondary N) is 1. The number of carboxylic acid groups (broad SMARTS) is 1. The normalized spacial score (nSPS) is 10.1. The van der Waals surface area contributed by atoms with E-state index in [-0.39, 0.29) is 5.56 Å². The van der Waals surface area contributed by atoms with E-state index in [1.165, 1.54) is 23.3 Å². The second-order valence-electron chi connectivity index (χ2n) is 7.11. The third kappa shape index (κ3) is 4.99. The monoisotopic (exact) mass is 418 g/mol. The number of aromatic amines is 1. The zero-order valence-electron chi connectivity index (χ0n) is 17.4. The summed E-state index contributed by atoms with van der Waals surface area (Å²) < 4.78 is 2.21. The Kier molecular flexibility index (Phi) is 6.54. The largest absolute Gasteiger partial charge is 0.545 e. The summed E-state index contributed by atoms with van der Waals surface area (Å²) in [5.41, 5.74) is 4.81. The van der Waals surface area contributed by atoms with E-state index < -0.39 is 5.97 Å². The molecule has 0 atom stereocenters. The highest BCUT2D eigenvalue weighted by Crippen LogP contribution is 2.22. The highest BCUT2D eigenvalue weighted by atomic mass is 16.4. The molecule has 4 heteroatoms. The maximum absolute atomic E-state index is 10.1. The lowest BCUT2D eigenvalue weighted by Gasteiger charge is -1.99. The number of hydrogen-bond acceptors (Lipinski definition) is 2. The standard InChI is InChI=1S/C21H16N2.C7H6O2/c1-4-10-17(11-5-1)20-16-23(19-14-8-3-9-15-19)21(22-20)18-12-6-2-7-13-18;8-7(9)6-4-2-1-3-5-6/h1-16H;1-5H,(H,8,9). The SMILES string of the molecule is O=C([O-])c1ccccc1.c1ccc(-c2c[n+](-c3ccccc3)c(-c3ccccc3)[nH]2)cc1. The highest BCUT2D eigenvalue weighted by Gasteiger charge is 2.19. The third-order valence-corrected chi connectivity index (χ3v) is 4.93. The van der Waals surface area contributed by atoms with Gasteiger partial charge in [0, 0.05) is 5.56 Å². The fourth-order valence-corrected chi connectivity index (χ4v) is 3.35. The molecule has 0 radical (unpaired) electrons. The van der Waals surface area contributed by atoms with Crippen LogP contribution in [-0.4, -0.2) is 11.0 Å². The van der Waals surface area contributed by atoms with E-state index in [9.17, 15) is 9.90 Å². The van der Waals surface area contributed by atoms with Crippen LogP contribution in [-0.2, 0) is 0 Å². The van der Waals surface area contributed by atoms with Crippen molar-refractivity contribution in [2.45, 2.75) is 0 Å². The summed E-state index contributed by atoms with van der Waals surface area (Å²) in [6.07, 6.45) is 2.16. The minimum Gasteiger partial charge on any atom is -0.545 e. The van der Waals surface area contributed by atoms with Crippen LogP contribution < -0.4 is 9.67 Å². The molecule has 4 aromatic carbocycles. The van der Waals surface area contributed by atoms with Crippen LogP contribution in [0.1, 0.15) is 10.4 Å². The number of para-hydroxylation sites is 1. The average molecular weight is 418 g/mol. The molecular formula is C28H22N2O2. The summed E-state index contributed by atoms with van der Waals surface area (Å²) in [5, 5.41) is 10.1. The van der Waals surface area contributed by atoms with E-state index in [0.717, 1.165) is 17.2 Å². The Morgan fingerprint density at radius 2 is 1.09 bits per heavy atom. The fraction of sp³-hybridized carbons (Fsp3) is 0. The highest BCUT2D eigenvalue weighted by molar-refractivity contribution is 5.85. The van der Waals surface area contributed by atoms with Crippen molar-refractivity contribution in [3.8, 4) is 28.3 Å². The molecule has 0 fully saturated rings. The minimum atomic E-state index is -1.13. The van der Waals surface area contributed by atoms with Crippen LogP contribution in [0.3, 0.4) is 0 Å². The van der Waals surface area contributed by atoms with Crippen molar-refractivity contribution in [3.63, 3.8) is 0 Å². The van der Waals surface area contributed by atoms with Gasteiger partial charge in [-0.1, -0.05) is 97.1 Å². The van der Waals surface area contributed by atoms with Gasteiger partial charge in [-0.3, -0.25) is 0 Å².